The number of nitrogens with zero attached hydrogens (tertiary/aromatic N) is 5. The van der Waals surface area contributed by atoms with E-state index in [0.717, 1.165) is 23.6 Å². The molecule has 1 fully saturated rings. The van der Waals surface area contributed by atoms with Crippen LogP contribution >= 0.6 is 11.8 Å². The molecule has 1 saturated carbocycles. The highest BCUT2D eigenvalue weighted by Crippen LogP contribution is 2.36. The van der Waals surface area contributed by atoms with Crippen molar-refractivity contribution in [2.75, 3.05) is 12.8 Å². The highest BCUT2D eigenvalue weighted by Gasteiger charge is 2.28. The van der Waals surface area contributed by atoms with Crippen molar-refractivity contribution in [3.63, 3.8) is 0 Å². The Morgan fingerprint density at radius 2 is 2.09 bits per heavy atom. The fourth-order valence-electron chi connectivity index (χ4n) is 2.34. The van der Waals surface area contributed by atoms with Crippen LogP contribution in [0.4, 0.5) is 0 Å². The molecule has 1 aromatic heterocycles. The summed E-state index contributed by atoms with van der Waals surface area (Å²) in [6.45, 7) is 4.10. The third-order valence-corrected chi connectivity index (χ3v) is 5.13. The van der Waals surface area contributed by atoms with Gasteiger partial charge in [-0.1, -0.05) is 41.6 Å². The molecule has 0 bridgehead atoms. The molecule has 1 amide bonds. The largest absolute Gasteiger partial charge is 0.338 e. The van der Waals surface area contributed by atoms with Crippen molar-refractivity contribution in [3.8, 4) is 0 Å². The minimum Gasteiger partial charge on any atom is -0.338 e. The van der Waals surface area contributed by atoms with Crippen molar-refractivity contribution < 1.29 is 4.79 Å². The smallest absolute Gasteiger partial charge is 0.233 e. The quantitative estimate of drug-likeness (QED) is 0.761. The normalized spacial score (nSPS) is 15.4. The van der Waals surface area contributed by atoms with E-state index in [-0.39, 0.29) is 11.9 Å². The van der Waals surface area contributed by atoms with E-state index in [9.17, 15) is 4.79 Å². The van der Waals surface area contributed by atoms with E-state index in [2.05, 4.69) is 46.7 Å². The van der Waals surface area contributed by atoms with Crippen LogP contribution in [-0.2, 0) is 4.79 Å². The van der Waals surface area contributed by atoms with Crippen molar-refractivity contribution in [2.24, 2.45) is 0 Å². The Morgan fingerprint density at radius 3 is 2.74 bits per heavy atom. The molecule has 7 heteroatoms. The molecule has 1 unspecified atom stereocenters. The lowest BCUT2D eigenvalue weighted by Gasteiger charge is -2.25. The van der Waals surface area contributed by atoms with E-state index >= 15 is 0 Å². The lowest BCUT2D eigenvalue weighted by Crippen LogP contribution is -2.31. The first-order valence-electron chi connectivity index (χ1n) is 7.79. The fraction of sp³-hybridized carbons (Fsp3) is 0.500. The SMILES string of the molecule is Cc1ccc(C(C)N(C)C(=O)CSc2nnnn2C2CC2)cc1. The van der Waals surface area contributed by atoms with Gasteiger partial charge < -0.3 is 4.90 Å². The molecule has 0 spiro atoms. The summed E-state index contributed by atoms with van der Waals surface area (Å²) in [5.74, 6) is 0.424. The number of amides is 1. The van der Waals surface area contributed by atoms with Gasteiger partial charge >= 0.3 is 0 Å². The zero-order chi connectivity index (χ0) is 16.4. The molecule has 122 valence electrons. The molecule has 1 atom stereocenters. The number of benzene rings is 1. The molecule has 1 heterocycles. The van der Waals surface area contributed by atoms with Gasteiger partial charge in [0.25, 0.3) is 0 Å². The number of tetrazole rings is 1. The summed E-state index contributed by atoms with van der Waals surface area (Å²) in [6.07, 6.45) is 2.24. The lowest BCUT2D eigenvalue weighted by atomic mass is 10.1. The number of aromatic nitrogens is 4. The van der Waals surface area contributed by atoms with Crippen molar-refractivity contribution in [1.29, 1.82) is 0 Å². The highest BCUT2D eigenvalue weighted by atomic mass is 32.2. The van der Waals surface area contributed by atoms with Crippen LogP contribution < -0.4 is 0 Å². The first-order chi connectivity index (χ1) is 11.1. The Bertz CT molecular complexity index is 680. The first-order valence-corrected chi connectivity index (χ1v) is 8.77. The second-order valence-corrected chi connectivity index (χ2v) is 6.96. The minimum atomic E-state index is 0.0446. The second-order valence-electron chi connectivity index (χ2n) is 6.02. The molecule has 1 aliphatic rings. The van der Waals surface area contributed by atoms with Crippen LogP contribution in [0, 0.1) is 6.92 Å². The van der Waals surface area contributed by atoms with E-state index in [0.29, 0.717) is 11.8 Å². The molecule has 6 nitrogen and oxygen atoms in total. The Labute approximate surface area is 140 Å². The first kappa shape index (κ1) is 16.0. The molecule has 1 aromatic carbocycles. The topological polar surface area (TPSA) is 63.9 Å². The molecule has 0 N–H and O–H groups in total. The van der Waals surface area contributed by atoms with E-state index in [1.54, 1.807) is 4.90 Å². The molecule has 1 aliphatic carbocycles. The van der Waals surface area contributed by atoms with Crippen molar-refractivity contribution in [2.45, 2.75) is 43.9 Å². The summed E-state index contributed by atoms with van der Waals surface area (Å²) in [7, 11) is 1.84. The van der Waals surface area contributed by atoms with E-state index in [1.807, 2.05) is 18.7 Å². The number of hydrogen-bond acceptors (Lipinski definition) is 5. The number of carbonyl (C=O) groups excluding carboxylic acids is 1. The van der Waals surface area contributed by atoms with Crippen LogP contribution in [0.5, 0.6) is 0 Å². The lowest BCUT2D eigenvalue weighted by molar-refractivity contribution is -0.128. The highest BCUT2D eigenvalue weighted by molar-refractivity contribution is 7.99. The second kappa shape index (κ2) is 6.70. The zero-order valence-electron chi connectivity index (χ0n) is 13.6. The summed E-state index contributed by atoms with van der Waals surface area (Å²) in [5, 5.41) is 12.5. The molecule has 2 aromatic rings. The van der Waals surface area contributed by atoms with Crippen molar-refractivity contribution in [3.05, 3.63) is 35.4 Å². The maximum atomic E-state index is 12.4. The molecule has 0 saturated heterocycles. The molecule has 0 radical (unpaired) electrons. The zero-order valence-corrected chi connectivity index (χ0v) is 14.5. The minimum absolute atomic E-state index is 0.0446. The van der Waals surface area contributed by atoms with Crippen LogP contribution in [-0.4, -0.2) is 43.8 Å². The number of aryl methyl sites for hydroxylation is 1. The summed E-state index contributed by atoms with van der Waals surface area (Å²) in [6, 6.07) is 8.76. The van der Waals surface area contributed by atoms with E-state index in [4.69, 9.17) is 0 Å². The Balaban J connectivity index is 1.58. The van der Waals surface area contributed by atoms with Gasteiger partial charge in [0.15, 0.2) is 0 Å². The third-order valence-electron chi connectivity index (χ3n) is 4.21. The van der Waals surface area contributed by atoms with Gasteiger partial charge in [-0.05, 0) is 42.7 Å². The van der Waals surface area contributed by atoms with Gasteiger partial charge in [0.05, 0.1) is 17.8 Å². The van der Waals surface area contributed by atoms with Gasteiger partial charge in [0, 0.05) is 7.05 Å². The number of hydrogen-bond donors (Lipinski definition) is 0. The van der Waals surface area contributed by atoms with E-state index in [1.165, 1.54) is 17.3 Å². The third kappa shape index (κ3) is 3.72. The van der Waals surface area contributed by atoms with Gasteiger partial charge in [0.1, 0.15) is 0 Å². The fourth-order valence-corrected chi connectivity index (χ4v) is 3.21. The van der Waals surface area contributed by atoms with Crippen LogP contribution in [0.3, 0.4) is 0 Å². The summed E-state index contributed by atoms with van der Waals surface area (Å²) in [4.78, 5) is 14.2. The standard InChI is InChI=1S/C16H21N5OS/c1-11-4-6-13(7-5-11)12(2)20(3)15(22)10-23-16-17-18-19-21(16)14-8-9-14/h4-7,12,14H,8-10H2,1-3H3. The average Bonchev–Trinajstić information content (AvgIpc) is 3.30. The molecule has 23 heavy (non-hydrogen) atoms. The molecule has 3 rings (SSSR count). The number of thioether (sulfide) groups is 1. The van der Waals surface area contributed by atoms with Crippen LogP contribution in [0.15, 0.2) is 29.4 Å². The molecular formula is C16H21N5OS. The van der Waals surface area contributed by atoms with Gasteiger partial charge in [-0.15, -0.1) is 5.10 Å². The monoisotopic (exact) mass is 331 g/mol. The van der Waals surface area contributed by atoms with Crippen LogP contribution in [0.1, 0.15) is 43.0 Å². The Kier molecular flexibility index (Phi) is 4.66. The Morgan fingerprint density at radius 1 is 1.39 bits per heavy atom. The Hall–Kier alpha value is -1.89. The van der Waals surface area contributed by atoms with Crippen molar-refractivity contribution in [1.82, 2.24) is 25.1 Å². The summed E-state index contributed by atoms with van der Waals surface area (Å²) < 4.78 is 1.83. The van der Waals surface area contributed by atoms with Gasteiger partial charge in [-0.2, -0.15) is 0 Å². The van der Waals surface area contributed by atoms with Crippen LogP contribution in [0.25, 0.3) is 0 Å². The summed E-state index contributed by atoms with van der Waals surface area (Å²) in [5.41, 5.74) is 2.36. The number of carbonyl (C=O) groups is 1. The van der Waals surface area contributed by atoms with Crippen molar-refractivity contribution >= 4 is 17.7 Å². The van der Waals surface area contributed by atoms with Gasteiger partial charge in [-0.25, -0.2) is 4.68 Å². The summed E-state index contributed by atoms with van der Waals surface area (Å²) >= 11 is 1.41. The number of rotatable bonds is 6. The predicted octanol–water partition coefficient (Wildman–Crippen LogP) is 2.63. The van der Waals surface area contributed by atoms with Gasteiger partial charge in [-0.3, -0.25) is 4.79 Å². The maximum Gasteiger partial charge on any atom is 0.233 e. The average molecular weight is 331 g/mol. The molecule has 0 aliphatic heterocycles. The van der Waals surface area contributed by atoms with Gasteiger partial charge in [0.2, 0.25) is 11.1 Å². The molecular weight excluding hydrogens is 310 g/mol. The van der Waals surface area contributed by atoms with Crippen LogP contribution in [0.2, 0.25) is 0 Å². The van der Waals surface area contributed by atoms with E-state index < -0.39 is 0 Å². The maximum absolute atomic E-state index is 12.4. The predicted molar refractivity (Wildman–Crippen MR) is 89.2 cm³/mol.